The minimum absolute atomic E-state index is 0.0293. The third-order valence-electron chi connectivity index (χ3n) is 5.51. The second-order valence-corrected chi connectivity index (χ2v) is 7.31. The Bertz CT molecular complexity index is 992. The van der Waals surface area contributed by atoms with Crippen molar-refractivity contribution in [3.63, 3.8) is 0 Å². The van der Waals surface area contributed by atoms with Crippen LogP contribution in [0.15, 0.2) is 53.8 Å². The van der Waals surface area contributed by atoms with Crippen molar-refractivity contribution in [3.05, 3.63) is 59.4 Å². The van der Waals surface area contributed by atoms with Crippen LogP contribution in [0.3, 0.4) is 0 Å². The van der Waals surface area contributed by atoms with Gasteiger partial charge in [0.05, 0.1) is 0 Å². The Morgan fingerprint density at radius 3 is 2.59 bits per heavy atom. The molecule has 2 aliphatic rings. The molecule has 138 valence electrons. The zero-order valence-corrected chi connectivity index (χ0v) is 15.1. The van der Waals surface area contributed by atoms with Gasteiger partial charge in [0.25, 0.3) is 5.56 Å². The molecular weight excluding hydrogens is 340 g/mol. The summed E-state index contributed by atoms with van der Waals surface area (Å²) >= 11 is 0. The Balaban J connectivity index is 1.35. The maximum absolute atomic E-state index is 12.4. The second-order valence-electron chi connectivity index (χ2n) is 7.31. The summed E-state index contributed by atoms with van der Waals surface area (Å²) in [5, 5.41) is 0. The minimum atomic E-state index is -0.0293. The van der Waals surface area contributed by atoms with E-state index in [4.69, 9.17) is 0 Å². The molecule has 1 saturated heterocycles. The van der Waals surface area contributed by atoms with Gasteiger partial charge in [0.15, 0.2) is 0 Å². The van der Waals surface area contributed by atoms with Crippen molar-refractivity contribution in [1.82, 2.24) is 19.4 Å². The Morgan fingerprint density at radius 2 is 1.85 bits per heavy atom. The largest absolute Gasteiger partial charge is 0.356 e. The molecule has 27 heavy (non-hydrogen) atoms. The van der Waals surface area contributed by atoms with E-state index in [1.807, 2.05) is 30.5 Å². The summed E-state index contributed by atoms with van der Waals surface area (Å²) in [6, 6.07) is 10.4. The molecular formula is C20H22N6O. The minimum Gasteiger partial charge on any atom is -0.356 e. The van der Waals surface area contributed by atoms with E-state index in [0.29, 0.717) is 17.7 Å². The van der Waals surface area contributed by atoms with Gasteiger partial charge in [-0.15, -0.1) is 0 Å². The molecule has 3 aromatic rings. The third-order valence-corrected chi connectivity index (χ3v) is 5.51. The van der Waals surface area contributed by atoms with Crippen LogP contribution in [-0.2, 0) is 0 Å². The molecule has 2 fully saturated rings. The average Bonchev–Trinajstić information content (AvgIpc) is 3.55. The SMILES string of the molecule is O=c1cc(N2CCC(N(c3ccncn3)C3CC3)CC2)nc2ccccn12. The number of rotatable bonds is 4. The van der Waals surface area contributed by atoms with Gasteiger partial charge in [0.1, 0.15) is 23.6 Å². The van der Waals surface area contributed by atoms with Crippen molar-refractivity contribution in [2.24, 2.45) is 0 Å². The van der Waals surface area contributed by atoms with Gasteiger partial charge in [0, 0.05) is 43.6 Å². The van der Waals surface area contributed by atoms with Gasteiger partial charge in [-0.2, -0.15) is 0 Å². The van der Waals surface area contributed by atoms with Gasteiger partial charge in [-0.1, -0.05) is 6.07 Å². The molecule has 3 aromatic heterocycles. The zero-order valence-electron chi connectivity index (χ0n) is 15.1. The van der Waals surface area contributed by atoms with E-state index in [1.54, 1.807) is 23.0 Å². The molecule has 0 amide bonds. The van der Waals surface area contributed by atoms with E-state index >= 15 is 0 Å². The molecule has 1 aliphatic heterocycles. The van der Waals surface area contributed by atoms with Crippen LogP contribution in [0, 0.1) is 0 Å². The summed E-state index contributed by atoms with van der Waals surface area (Å²) in [5.41, 5.74) is 0.668. The highest BCUT2D eigenvalue weighted by Crippen LogP contribution is 2.35. The maximum atomic E-state index is 12.4. The summed E-state index contributed by atoms with van der Waals surface area (Å²) < 4.78 is 1.58. The van der Waals surface area contributed by atoms with Gasteiger partial charge in [0.2, 0.25) is 0 Å². The monoisotopic (exact) mass is 362 g/mol. The van der Waals surface area contributed by atoms with Crippen LogP contribution >= 0.6 is 0 Å². The van der Waals surface area contributed by atoms with Crippen LogP contribution in [0.5, 0.6) is 0 Å². The molecule has 7 nitrogen and oxygen atoms in total. The van der Waals surface area contributed by atoms with E-state index in [-0.39, 0.29) is 5.56 Å². The van der Waals surface area contributed by atoms with E-state index < -0.39 is 0 Å². The highest BCUT2D eigenvalue weighted by molar-refractivity contribution is 5.49. The number of piperidine rings is 1. The lowest BCUT2D eigenvalue weighted by atomic mass is 10.0. The Labute approximate surface area is 157 Å². The van der Waals surface area contributed by atoms with Crippen molar-refractivity contribution in [2.75, 3.05) is 22.9 Å². The standard InChI is InChI=1S/C20H22N6O/c27-20-13-19(23-18-3-1-2-10-25(18)20)24-11-7-16(8-12-24)26(15-4-5-15)17-6-9-21-14-22-17/h1-3,6,9-10,13-16H,4-5,7-8,11-12H2. The van der Waals surface area contributed by atoms with Gasteiger partial charge >= 0.3 is 0 Å². The summed E-state index contributed by atoms with van der Waals surface area (Å²) in [5.74, 6) is 1.82. The number of aromatic nitrogens is 4. The van der Waals surface area contributed by atoms with Crippen LogP contribution in [0.25, 0.3) is 5.65 Å². The first-order chi connectivity index (χ1) is 13.3. The molecule has 5 rings (SSSR count). The van der Waals surface area contributed by atoms with Crippen molar-refractivity contribution >= 4 is 17.3 Å². The molecule has 0 bridgehead atoms. The first-order valence-corrected chi connectivity index (χ1v) is 9.57. The normalized spacial score (nSPS) is 18.0. The van der Waals surface area contributed by atoms with E-state index in [1.165, 1.54) is 12.8 Å². The van der Waals surface area contributed by atoms with Gasteiger partial charge in [-0.05, 0) is 43.9 Å². The summed E-state index contributed by atoms with van der Waals surface area (Å²) in [6.45, 7) is 1.79. The molecule has 4 heterocycles. The average molecular weight is 362 g/mol. The number of hydrogen-bond acceptors (Lipinski definition) is 6. The maximum Gasteiger partial charge on any atom is 0.259 e. The quantitative estimate of drug-likeness (QED) is 0.708. The van der Waals surface area contributed by atoms with Gasteiger partial charge < -0.3 is 9.80 Å². The first kappa shape index (κ1) is 16.2. The first-order valence-electron chi connectivity index (χ1n) is 9.57. The van der Waals surface area contributed by atoms with Crippen LogP contribution < -0.4 is 15.4 Å². The second kappa shape index (κ2) is 6.64. The molecule has 0 radical (unpaired) electrons. The molecule has 0 aromatic carbocycles. The number of hydrogen-bond donors (Lipinski definition) is 0. The molecule has 0 N–H and O–H groups in total. The van der Waals surface area contributed by atoms with Gasteiger partial charge in [-0.25, -0.2) is 15.0 Å². The summed E-state index contributed by atoms with van der Waals surface area (Å²) in [7, 11) is 0. The van der Waals surface area contributed by atoms with Crippen LogP contribution in [-0.4, -0.2) is 44.5 Å². The van der Waals surface area contributed by atoms with Crippen molar-refractivity contribution in [2.45, 2.75) is 37.8 Å². The Hall–Kier alpha value is -2.96. The van der Waals surface area contributed by atoms with Crippen molar-refractivity contribution in [3.8, 4) is 0 Å². The zero-order chi connectivity index (χ0) is 18.2. The van der Waals surface area contributed by atoms with Crippen LogP contribution in [0.1, 0.15) is 25.7 Å². The van der Waals surface area contributed by atoms with Crippen molar-refractivity contribution in [1.29, 1.82) is 0 Å². The lowest BCUT2D eigenvalue weighted by Crippen LogP contribution is -2.47. The molecule has 0 atom stereocenters. The van der Waals surface area contributed by atoms with E-state index in [9.17, 15) is 4.79 Å². The lowest BCUT2D eigenvalue weighted by Gasteiger charge is -2.39. The molecule has 7 heteroatoms. The van der Waals surface area contributed by atoms with E-state index in [0.717, 1.165) is 37.6 Å². The Kier molecular flexibility index (Phi) is 3.99. The summed E-state index contributed by atoms with van der Waals surface area (Å²) in [4.78, 5) is 30.3. The number of anilines is 2. The predicted molar refractivity (Wildman–Crippen MR) is 104 cm³/mol. The third kappa shape index (κ3) is 3.13. The summed E-state index contributed by atoms with van der Waals surface area (Å²) in [6.07, 6.45) is 9.77. The number of nitrogens with zero attached hydrogens (tertiary/aromatic N) is 6. The Morgan fingerprint density at radius 1 is 1.04 bits per heavy atom. The van der Waals surface area contributed by atoms with Gasteiger partial charge in [-0.3, -0.25) is 9.20 Å². The highest BCUT2D eigenvalue weighted by atomic mass is 16.1. The van der Waals surface area contributed by atoms with Crippen molar-refractivity contribution < 1.29 is 0 Å². The van der Waals surface area contributed by atoms with E-state index in [2.05, 4.69) is 24.8 Å². The fraction of sp³-hybridized carbons (Fsp3) is 0.400. The molecule has 1 saturated carbocycles. The molecule has 0 unspecified atom stereocenters. The van der Waals surface area contributed by atoms with Crippen LogP contribution in [0.4, 0.5) is 11.6 Å². The fourth-order valence-corrected chi connectivity index (χ4v) is 4.04. The number of pyridine rings is 1. The number of fused-ring (bicyclic) bond motifs is 1. The van der Waals surface area contributed by atoms with Crippen LogP contribution in [0.2, 0.25) is 0 Å². The predicted octanol–water partition coefficient (Wildman–Crippen LogP) is 2.12. The smallest absolute Gasteiger partial charge is 0.259 e. The highest BCUT2D eigenvalue weighted by Gasteiger charge is 2.36. The lowest BCUT2D eigenvalue weighted by molar-refractivity contribution is 0.457. The topological polar surface area (TPSA) is 66.6 Å². The fourth-order valence-electron chi connectivity index (χ4n) is 4.04. The molecule has 1 aliphatic carbocycles. The molecule has 0 spiro atoms.